The molecule has 5 nitrogen and oxygen atoms in total. The summed E-state index contributed by atoms with van der Waals surface area (Å²) in [5.41, 5.74) is 1.33. The van der Waals surface area contributed by atoms with Crippen molar-refractivity contribution in [2.24, 2.45) is 0 Å². The third-order valence-corrected chi connectivity index (χ3v) is 3.11. The molecular weight excluding hydrogens is 246 g/mol. The standard InChI is InChI=1S/C14H19NO4/c1-4-10(7-16)15-13(17)11-8(2)5-6-9(3)12(11)14(18)19/h5-6,10,16H,4,7H2,1-3H3,(H,15,17)(H,18,19)/t10-/m1/s1. The molecule has 0 spiro atoms. The summed E-state index contributed by atoms with van der Waals surface area (Å²) in [4.78, 5) is 23.5. The Bertz CT molecular complexity index is 492. The third-order valence-electron chi connectivity index (χ3n) is 3.11. The number of benzene rings is 1. The molecule has 5 heteroatoms. The van der Waals surface area contributed by atoms with Gasteiger partial charge in [-0.3, -0.25) is 4.79 Å². The van der Waals surface area contributed by atoms with Crippen LogP contribution < -0.4 is 5.32 Å². The lowest BCUT2D eigenvalue weighted by Gasteiger charge is -2.17. The SMILES string of the molecule is CC[C@H](CO)NC(=O)c1c(C)ccc(C)c1C(=O)O. The number of aryl methyl sites for hydroxylation is 2. The molecular formula is C14H19NO4. The summed E-state index contributed by atoms with van der Waals surface area (Å²) in [5.74, 6) is -1.58. The molecule has 104 valence electrons. The first-order valence-corrected chi connectivity index (χ1v) is 6.17. The normalized spacial score (nSPS) is 12.0. The molecule has 1 amide bonds. The highest BCUT2D eigenvalue weighted by atomic mass is 16.4. The number of hydrogen-bond donors (Lipinski definition) is 3. The van der Waals surface area contributed by atoms with Crippen LogP contribution in [0.5, 0.6) is 0 Å². The molecule has 0 unspecified atom stereocenters. The van der Waals surface area contributed by atoms with Crippen molar-refractivity contribution in [1.29, 1.82) is 0 Å². The molecule has 0 bridgehead atoms. The number of carboxylic acid groups (broad SMARTS) is 1. The summed E-state index contributed by atoms with van der Waals surface area (Å²) >= 11 is 0. The lowest BCUT2D eigenvalue weighted by molar-refractivity contribution is 0.0689. The van der Waals surface area contributed by atoms with Crippen LogP contribution in [0.3, 0.4) is 0 Å². The van der Waals surface area contributed by atoms with Gasteiger partial charge in [-0.1, -0.05) is 19.1 Å². The van der Waals surface area contributed by atoms with Gasteiger partial charge in [0.1, 0.15) is 0 Å². The van der Waals surface area contributed by atoms with Crippen LogP contribution in [0.1, 0.15) is 45.2 Å². The quantitative estimate of drug-likeness (QED) is 0.753. The number of hydrogen-bond acceptors (Lipinski definition) is 3. The minimum atomic E-state index is -1.12. The summed E-state index contributed by atoms with van der Waals surface area (Å²) in [6, 6.07) is 3.03. The molecule has 0 aliphatic rings. The summed E-state index contributed by atoms with van der Waals surface area (Å²) in [5, 5.41) is 21.0. The molecule has 0 aliphatic carbocycles. The maximum absolute atomic E-state index is 12.2. The number of amides is 1. The Morgan fingerprint density at radius 2 is 1.74 bits per heavy atom. The van der Waals surface area contributed by atoms with Crippen LogP contribution in [0.4, 0.5) is 0 Å². The fraction of sp³-hybridized carbons (Fsp3) is 0.429. The van der Waals surface area contributed by atoms with Gasteiger partial charge in [0.2, 0.25) is 0 Å². The van der Waals surface area contributed by atoms with Gasteiger partial charge in [-0.25, -0.2) is 4.79 Å². The van der Waals surface area contributed by atoms with Crippen molar-refractivity contribution in [1.82, 2.24) is 5.32 Å². The van der Waals surface area contributed by atoms with Gasteiger partial charge in [0.15, 0.2) is 0 Å². The number of carbonyl (C=O) groups is 2. The number of carboxylic acids is 1. The average Bonchev–Trinajstić information content (AvgIpc) is 2.37. The van der Waals surface area contributed by atoms with Crippen molar-refractivity contribution in [3.63, 3.8) is 0 Å². The van der Waals surface area contributed by atoms with Gasteiger partial charge in [0, 0.05) is 0 Å². The van der Waals surface area contributed by atoms with Gasteiger partial charge in [-0.15, -0.1) is 0 Å². The highest BCUT2D eigenvalue weighted by Crippen LogP contribution is 2.19. The van der Waals surface area contributed by atoms with Gasteiger partial charge < -0.3 is 15.5 Å². The number of aromatic carboxylic acids is 1. The maximum atomic E-state index is 12.2. The Balaban J connectivity index is 3.22. The Morgan fingerprint density at radius 1 is 1.21 bits per heavy atom. The van der Waals surface area contributed by atoms with E-state index in [1.807, 2.05) is 6.92 Å². The Labute approximate surface area is 112 Å². The molecule has 1 aromatic carbocycles. The van der Waals surface area contributed by atoms with E-state index >= 15 is 0 Å². The monoisotopic (exact) mass is 265 g/mol. The van der Waals surface area contributed by atoms with Crippen LogP contribution in [0.2, 0.25) is 0 Å². The Morgan fingerprint density at radius 3 is 2.16 bits per heavy atom. The second-order valence-corrected chi connectivity index (χ2v) is 4.52. The number of aliphatic hydroxyl groups excluding tert-OH is 1. The lowest BCUT2D eigenvalue weighted by Crippen LogP contribution is -2.38. The van der Waals surface area contributed by atoms with E-state index in [1.54, 1.807) is 26.0 Å². The van der Waals surface area contributed by atoms with E-state index in [1.165, 1.54) is 0 Å². The largest absolute Gasteiger partial charge is 0.478 e. The molecule has 0 radical (unpaired) electrons. The highest BCUT2D eigenvalue weighted by molar-refractivity contribution is 6.06. The lowest BCUT2D eigenvalue weighted by atomic mass is 9.96. The smallest absolute Gasteiger partial charge is 0.336 e. The Kier molecular flexibility index (Phi) is 5.06. The van der Waals surface area contributed by atoms with Crippen molar-refractivity contribution in [3.8, 4) is 0 Å². The molecule has 1 atom stereocenters. The predicted octanol–water partition coefficient (Wildman–Crippen LogP) is 1.50. The number of nitrogens with one attached hydrogen (secondary N) is 1. The maximum Gasteiger partial charge on any atom is 0.336 e. The summed E-state index contributed by atoms with van der Waals surface area (Å²) < 4.78 is 0. The van der Waals surface area contributed by atoms with Gasteiger partial charge in [0.05, 0.1) is 23.8 Å². The average molecular weight is 265 g/mol. The molecule has 0 aliphatic heterocycles. The van der Waals surface area contributed by atoms with Crippen LogP contribution in [0.15, 0.2) is 12.1 Å². The van der Waals surface area contributed by atoms with Crippen LogP contribution in [-0.2, 0) is 0 Å². The molecule has 19 heavy (non-hydrogen) atoms. The fourth-order valence-electron chi connectivity index (χ4n) is 1.91. The third kappa shape index (κ3) is 3.32. The zero-order valence-corrected chi connectivity index (χ0v) is 11.4. The number of rotatable bonds is 5. The van der Waals surface area contributed by atoms with Crippen LogP contribution in [0, 0.1) is 13.8 Å². The fourth-order valence-corrected chi connectivity index (χ4v) is 1.91. The van der Waals surface area contributed by atoms with Crippen LogP contribution >= 0.6 is 0 Å². The topological polar surface area (TPSA) is 86.6 Å². The van der Waals surface area contributed by atoms with E-state index < -0.39 is 11.9 Å². The van der Waals surface area contributed by atoms with Gasteiger partial charge in [-0.05, 0) is 31.4 Å². The van der Waals surface area contributed by atoms with E-state index in [0.717, 1.165) is 0 Å². The Hall–Kier alpha value is -1.88. The van der Waals surface area contributed by atoms with E-state index in [0.29, 0.717) is 17.5 Å². The van der Waals surface area contributed by atoms with Crippen molar-refractivity contribution >= 4 is 11.9 Å². The van der Waals surface area contributed by atoms with Gasteiger partial charge in [0.25, 0.3) is 5.91 Å². The summed E-state index contributed by atoms with van der Waals surface area (Å²) in [7, 11) is 0. The minimum absolute atomic E-state index is 0.0188. The molecule has 0 saturated carbocycles. The van der Waals surface area contributed by atoms with E-state index in [-0.39, 0.29) is 23.8 Å². The van der Waals surface area contributed by atoms with Crippen LogP contribution in [-0.4, -0.2) is 34.7 Å². The van der Waals surface area contributed by atoms with Crippen molar-refractivity contribution < 1.29 is 19.8 Å². The zero-order valence-electron chi connectivity index (χ0n) is 11.4. The van der Waals surface area contributed by atoms with Crippen molar-refractivity contribution in [2.75, 3.05) is 6.61 Å². The molecule has 1 rings (SSSR count). The van der Waals surface area contributed by atoms with Crippen molar-refractivity contribution in [2.45, 2.75) is 33.2 Å². The van der Waals surface area contributed by atoms with Gasteiger partial charge in [-0.2, -0.15) is 0 Å². The first-order valence-electron chi connectivity index (χ1n) is 6.17. The second-order valence-electron chi connectivity index (χ2n) is 4.52. The number of carbonyl (C=O) groups excluding carboxylic acids is 1. The van der Waals surface area contributed by atoms with Crippen molar-refractivity contribution in [3.05, 3.63) is 34.4 Å². The summed E-state index contributed by atoms with van der Waals surface area (Å²) in [6.45, 7) is 5.02. The number of aliphatic hydroxyl groups is 1. The molecule has 0 aromatic heterocycles. The molecule has 3 N–H and O–H groups in total. The first kappa shape index (κ1) is 15.2. The van der Waals surface area contributed by atoms with Crippen LogP contribution in [0.25, 0.3) is 0 Å². The van der Waals surface area contributed by atoms with Gasteiger partial charge >= 0.3 is 5.97 Å². The zero-order chi connectivity index (χ0) is 14.6. The predicted molar refractivity (Wildman–Crippen MR) is 71.5 cm³/mol. The van der Waals surface area contributed by atoms with E-state index in [2.05, 4.69) is 5.32 Å². The van der Waals surface area contributed by atoms with E-state index in [9.17, 15) is 14.7 Å². The summed E-state index contributed by atoms with van der Waals surface area (Å²) in [6.07, 6.45) is 0.579. The molecule has 1 aromatic rings. The molecule has 0 heterocycles. The molecule has 0 saturated heterocycles. The minimum Gasteiger partial charge on any atom is -0.478 e. The highest BCUT2D eigenvalue weighted by Gasteiger charge is 2.22. The first-order chi connectivity index (χ1) is 8.92. The molecule has 0 fully saturated rings. The second kappa shape index (κ2) is 6.33. The van der Waals surface area contributed by atoms with E-state index in [4.69, 9.17) is 5.11 Å².